The zero-order valence-corrected chi connectivity index (χ0v) is 67.9. The highest BCUT2D eigenvalue weighted by molar-refractivity contribution is 7.99. The molecule has 0 aliphatic heterocycles. The van der Waals surface area contributed by atoms with Crippen molar-refractivity contribution < 1.29 is 148 Å². The molecule has 0 aromatic carbocycles. The molecular formula is C72H123N5O31S. The number of esters is 6. The summed E-state index contributed by atoms with van der Waals surface area (Å²) >= 11 is 1.54. The molecule has 1 rings (SSSR count). The summed E-state index contributed by atoms with van der Waals surface area (Å²) in [7, 11) is 10.1. The molecule has 37 heteroatoms. The number of nitrogens with one attached hydrogen (secondary N) is 5. The van der Waals surface area contributed by atoms with E-state index in [0.717, 1.165) is 25.0 Å². The quantitative estimate of drug-likeness (QED) is 0.0240. The molecule has 0 bridgehead atoms. The maximum Gasteiger partial charge on any atom is 0.406 e. The van der Waals surface area contributed by atoms with Crippen molar-refractivity contribution >= 4 is 107 Å². The lowest BCUT2D eigenvalue weighted by atomic mass is 9.71. The van der Waals surface area contributed by atoms with E-state index in [0.29, 0.717) is 95.2 Å². The average Bonchev–Trinajstić information content (AvgIpc) is 0.815. The second kappa shape index (κ2) is 66.4. The number of thioether (sulfide) groups is 1. The zero-order chi connectivity index (χ0) is 83.8. The van der Waals surface area contributed by atoms with Gasteiger partial charge < -0.3 is 97.6 Å². The van der Waals surface area contributed by atoms with Gasteiger partial charge >= 0.3 is 66.3 Å². The molecule has 0 aromatic rings. The van der Waals surface area contributed by atoms with Crippen molar-refractivity contribution in [2.75, 3.05) is 140 Å². The van der Waals surface area contributed by atoms with Crippen molar-refractivity contribution in [3.05, 3.63) is 11.6 Å². The topological polar surface area (TPSA) is 472 Å². The van der Waals surface area contributed by atoms with Crippen LogP contribution in [0.15, 0.2) is 11.6 Å². The van der Waals surface area contributed by atoms with Gasteiger partial charge in [0.05, 0.1) is 58.8 Å². The van der Waals surface area contributed by atoms with Gasteiger partial charge in [0.1, 0.15) is 56.8 Å². The molecule has 0 aromatic heterocycles. The Morgan fingerprint density at radius 2 is 0.890 bits per heavy atom. The Labute approximate surface area is 644 Å². The standard InChI is InChI=1S/C20H37N3O7.C17H28O7S.C17H24O7.C10H18N2O6.C8H16O4/c1-5-16(24)15-20(9-6-12-28-17(25)21-2,10-7-13-29-18(26)22-3)11-8-14-30-19(27)23-4;1-5-16(21)7-6-8-25-12-17(9-22-13(2)18,10-23-14(3)19)11-24-15(4)20;1-5-6-7-14(21)13-8-15(22-10(2)18)17(24-12(4)20)16(9-13)23-11(3)19;1-7(13)6-18-8(4-11-9(14)16-2)5-12-10(15)17-3;1-7(9)4-12-8(5-10-2)6-11-3/h5-15H2,1-4H3,(H,21,25)(H,22,26)(H,23,27);5-12H2,1-4H3;8,15-17H,5-7,9H2,1-4H3;8H,4-6H2,1-3H3,(H,11,14)(H,12,15);8H,4-6H2,1-3H3/t;;15-,16-,17-;;/m..1../s1. The minimum Gasteiger partial charge on any atom is -0.465 e. The molecule has 0 saturated heterocycles. The van der Waals surface area contributed by atoms with E-state index < -0.39 is 96.1 Å². The van der Waals surface area contributed by atoms with Crippen molar-refractivity contribution in [1.82, 2.24) is 26.6 Å². The van der Waals surface area contributed by atoms with E-state index in [-0.39, 0.29) is 113 Å². The zero-order valence-electron chi connectivity index (χ0n) is 67.0. The minimum absolute atomic E-state index is 0.00667. The summed E-state index contributed by atoms with van der Waals surface area (Å²) in [6.45, 7) is 17.8. The molecule has 0 saturated carbocycles. The molecule has 5 N–H and O–H groups in total. The smallest absolute Gasteiger partial charge is 0.406 e. The van der Waals surface area contributed by atoms with Crippen LogP contribution in [0, 0.1) is 10.8 Å². The van der Waals surface area contributed by atoms with Gasteiger partial charge in [-0.25, -0.2) is 24.0 Å². The first-order chi connectivity index (χ1) is 51.5. The number of carbonyl (C=O) groups is 16. The van der Waals surface area contributed by atoms with E-state index >= 15 is 0 Å². The van der Waals surface area contributed by atoms with Crippen LogP contribution in [0.25, 0.3) is 0 Å². The first kappa shape index (κ1) is 107. The van der Waals surface area contributed by atoms with Crippen LogP contribution in [0.5, 0.6) is 0 Å². The molecule has 36 nitrogen and oxygen atoms in total. The SMILES string of the molecule is CCC(=O)CC(CCCOC(=O)NC)(CCCOC(=O)NC)CCCOC(=O)NC.CCC(=O)CCCSCC(COC(C)=O)(COC(C)=O)COC(C)=O.CCCCC(=O)C1=C[C@@H](OC(C)=O)[C@@H](OC(C)=O)[C@H](OC(C)=O)C1.COC(=O)NCC(CNC(=O)OC)OCC(C)=O.COCC(COC)OCC(C)=O. The van der Waals surface area contributed by atoms with Crippen molar-refractivity contribution in [2.45, 2.75) is 203 Å². The highest BCUT2D eigenvalue weighted by Crippen LogP contribution is 2.40. The number of Topliss-reactive ketones (excluding diaryl/α,β-unsaturated/α-hetero) is 5. The molecular weight excluding hydrogens is 1460 g/mol. The number of rotatable bonds is 49. The molecule has 0 spiro atoms. The summed E-state index contributed by atoms with van der Waals surface area (Å²) in [4.78, 5) is 180. The molecule has 1 aliphatic carbocycles. The summed E-state index contributed by atoms with van der Waals surface area (Å²) in [5, 5.41) is 12.0. The van der Waals surface area contributed by atoms with Gasteiger partial charge in [-0.2, -0.15) is 11.8 Å². The fourth-order valence-corrected chi connectivity index (χ4v) is 10.5. The Morgan fingerprint density at radius 3 is 1.24 bits per heavy atom. The van der Waals surface area contributed by atoms with E-state index in [1.54, 1.807) is 26.0 Å². The Bertz CT molecular complexity index is 2640. The Morgan fingerprint density at radius 1 is 0.477 bits per heavy atom. The van der Waals surface area contributed by atoms with E-state index in [2.05, 4.69) is 36.1 Å². The molecule has 3 atom stereocenters. The lowest BCUT2D eigenvalue weighted by Crippen LogP contribution is -2.47. The van der Waals surface area contributed by atoms with Crippen molar-refractivity contribution in [2.24, 2.45) is 10.8 Å². The first-order valence-electron chi connectivity index (χ1n) is 35.6. The third-order valence-corrected chi connectivity index (χ3v) is 16.1. The minimum atomic E-state index is -0.974. The molecule has 0 fully saturated rings. The number of ether oxygens (including phenoxy) is 15. The van der Waals surface area contributed by atoms with Crippen LogP contribution in [0.1, 0.15) is 172 Å². The van der Waals surface area contributed by atoms with Crippen molar-refractivity contribution in [1.29, 1.82) is 0 Å². The number of carbonyl (C=O) groups excluding carboxylic acids is 16. The predicted molar refractivity (Wildman–Crippen MR) is 395 cm³/mol. The Balaban J connectivity index is -0.000000649. The highest BCUT2D eigenvalue weighted by Gasteiger charge is 2.42. The second-order valence-corrected chi connectivity index (χ2v) is 25.7. The highest BCUT2D eigenvalue weighted by atomic mass is 32.2. The first-order valence-corrected chi connectivity index (χ1v) is 36.8. The maximum atomic E-state index is 12.3. The number of unbranched alkanes of at least 4 members (excludes halogenated alkanes) is 1. The molecule has 0 radical (unpaired) electrons. The van der Waals surface area contributed by atoms with Gasteiger partial charge in [-0.05, 0) is 88.0 Å². The summed E-state index contributed by atoms with van der Waals surface area (Å²) in [5.74, 6) is -1.84. The van der Waals surface area contributed by atoms with Gasteiger partial charge in [0.2, 0.25) is 0 Å². The third-order valence-electron chi connectivity index (χ3n) is 14.7. The molecule has 0 unspecified atom stereocenters. The fraction of sp³-hybridized carbons (Fsp3) is 0.750. The summed E-state index contributed by atoms with van der Waals surface area (Å²) in [6.07, 6.45) is 3.70. The van der Waals surface area contributed by atoms with Crippen LogP contribution < -0.4 is 26.6 Å². The van der Waals surface area contributed by atoms with Crippen LogP contribution >= 0.6 is 11.8 Å². The summed E-state index contributed by atoms with van der Waals surface area (Å²) in [6, 6.07) is 0. The van der Waals surface area contributed by atoms with Crippen LogP contribution in [-0.4, -0.2) is 266 Å². The van der Waals surface area contributed by atoms with Crippen LogP contribution in [0.2, 0.25) is 0 Å². The number of hydrogen-bond donors (Lipinski definition) is 5. The predicted octanol–water partition coefficient (Wildman–Crippen LogP) is 6.70. The number of amides is 5. The summed E-state index contributed by atoms with van der Waals surface area (Å²) in [5.41, 5.74) is -0.746. The molecule has 109 heavy (non-hydrogen) atoms. The monoisotopic (exact) mass is 1590 g/mol. The van der Waals surface area contributed by atoms with Crippen molar-refractivity contribution in [3.8, 4) is 0 Å². The van der Waals surface area contributed by atoms with Crippen LogP contribution in [0.3, 0.4) is 0 Å². The largest absolute Gasteiger partial charge is 0.465 e. The molecule has 1 aliphatic rings. The van der Waals surface area contributed by atoms with E-state index in [9.17, 15) is 76.7 Å². The van der Waals surface area contributed by atoms with Crippen LogP contribution in [0.4, 0.5) is 24.0 Å². The Kier molecular flexibility index (Phi) is 65.1. The van der Waals surface area contributed by atoms with Gasteiger partial charge in [-0.3, -0.25) is 52.7 Å². The van der Waals surface area contributed by atoms with E-state index in [4.69, 9.17) is 61.6 Å². The van der Waals surface area contributed by atoms with Gasteiger partial charge in [0.15, 0.2) is 29.6 Å². The maximum absolute atomic E-state index is 12.3. The van der Waals surface area contributed by atoms with Gasteiger partial charge in [0.25, 0.3) is 0 Å². The molecule has 0 heterocycles. The van der Waals surface area contributed by atoms with Gasteiger partial charge in [0, 0.05) is 134 Å². The number of methoxy groups -OCH3 is 4. The normalized spacial score (nSPS) is 13.3. The molecule has 5 amide bonds. The lowest BCUT2D eigenvalue weighted by molar-refractivity contribution is -0.180. The van der Waals surface area contributed by atoms with Gasteiger partial charge in [-0.15, -0.1) is 0 Å². The third kappa shape index (κ3) is 62.0. The Hall–Kier alpha value is -8.55. The lowest BCUT2D eigenvalue weighted by Gasteiger charge is -2.34. The molecule has 628 valence electrons. The van der Waals surface area contributed by atoms with E-state index in [1.165, 1.54) is 96.8 Å². The number of alkyl carbamates (subject to hydrolysis) is 5. The van der Waals surface area contributed by atoms with Crippen LogP contribution in [-0.2, 0) is 124 Å². The number of ketones is 5. The van der Waals surface area contributed by atoms with Crippen molar-refractivity contribution in [3.63, 3.8) is 0 Å². The average molecular weight is 1590 g/mol. The fourth-order valence-electron chi connectivity index (χ4n) is 9.36. The van der Waals surface area contributed by atoms with E-state index in [1.807, 2.05) is 20.8 Å². The second-order valence-electron chi connectivity index (χ2n) is 24.6. The summed E-state index contributed by atoms with van der Waals surface area (Å²) < 4.78 is 75.0. The number of hydrogen-bond acceptors (Lipinski definition) is 32. The van der Waals surface area contributed by atoms with Gasteiger partial charge in [-0.1, -0.05) is 27.2 Å².